The van der Waals surface area contributed by atoms with Crippen LogP contribution >= 0.6 is 7.37 Å². The summed E-state index contributed by atoms with van der Waals surface area (Å²) in [6.45, 7) is 2.26. The molecule has 3 fully saturated rings. The van der Waals surface area contributed by atoms with Crippen molar-refractivity contribution in [1.82, 2.24) is 25.8 Å². The van der Waals surface area contributed by atoms with E-state index in [1.54, 1.807) is 24.3 Å². The second kappa shape index (κ2) is 14.3. The van der Waals surface area contributed by atoms with E-state index in [0.29, 0.717) is 51.6 Å². The van der Waals surface area contributed by atoms with Crippen LogP contribution in [0.3, 0.4) is 0 Å². The highest BCUT2D eigenvalue weighted by atomic mass is 31.2. The van der Waals surface area contributed by atoms with Crippen molar-refractivity contribution in [2.45, 2.75) is 88.6 Å². The van der Waals surface area contributed by atoms with E-state index in [-0.39, 0.29) is 25.5 Å². The smallest absolute Gasteiger partial charge is 0.243 e. The van der Waals surface area contributed by atoms with Crippen LogP contribution in [0.25, 0.3) is 0 Å². The van der Waals surface area contributed by atoms with Gasteiger partial charge in [-0.1, -0.05) is 50.1 Å². The van der Waals surface area contributed by atoms with Crippen molar-refractivity contribution in [3.8, 4) is 0 Å². The molecule has 0 saturated carbocycles. The first-order valence-electron chi connectivity index (χ1n) is 14.9. The van der Waals surface area contributed by atoms with Crippen LogP contribution in [0.2, 0.25) is 0 Å². The van der Waals surface area contributed by atoms with Crippen LogP contribution in [0, 0.1) is 0 Å². The maximum atomic E-state index is 13.7. The molecule has 3 aliphatic rings. The first kappa shape index (κ1) is 31.7. The second-order valence-corrected chi connectivity index (χ2v) is 13.9. The molecule has 5 amide bonds. The predicted octanol–water partition coefficient (Wildman–Crippen LogP) is 1.12. The molecule has 0 radical (unpaired) electrons. The fraction of sp³-hybridized carbons (Fsp3) is 0.621. The highest BCUT2D eigenvalue weighted by molar-refractivity contribution is 7.58. The Morgan fingerprint density at radius 1 is 0.881 bits per heavy atom. The number of nitrogens with one attached hydrogen (secondary N) is 3. The lowest BCUT2D eigenvalue weighted by atomic mass is 10.1. The van der Waals surface area contributed by atoms with Gasteiger partial charge in [0.2, 0.25) is 36.9 Å². The Balaban J connectivity index is 1.62. The SMILES string of the molecule is CCCC[C@@H]1NC(=O)[C@@H]2CCCN2C(=O)CCP(=O)(O)[C@H](Cc2ccccc2)NC(=O)[C@@H]2CCCN2C(=O)CNC1=O. The van der Waals surface area contributed by atoms with E-state index < -0.39 is 60.8 Å². The van der Waals surface area contributed by atoms with Crippen molar-refractivity contribution >= 4 is 36.9 Å². The van der Waals surface area contributed by atoms with Gasteiger partial charge >= 0.3 is 0 Å². The van der Waals surface area contributed by atoms with Gasteiger partial charge in [0.1, 0.15) is 23.9 Å². The molecule has 0 aliphatic carbocycles. The van der Waals surface area contributed by atoms with Crippen LogP contribution in [0.1, 0.15) is 63.9 Å². The summed E-state index contributed by atoms with van der Waals surface area (Å²) in [6.07, 6.45) is 3.21. The monoisotopic (exact) mass is 603 g/mol. The third-order valence-corrected chi connectivity index (χ3v) is 10.5. The summed E-state index contributed by atoms with van der Waals surface area (Å²) in [5.74, 6) is -3.52. The lowest BCUT2D eigenvalue weighted by Gasteiger charge is -2.30. The Labute approximate surface area is 246 Å². The summed E-state index contributed by atoms with van der Waals surface area (Å²) < 4.78 is 13.7. The first-order chi connectivity index (χ1) is 20.1. The third-order valence-electron chi connectivity index (χ3n) is 8.36. The maximum absolute atomic E-state index is 13.7. The third kappa shape index (κ3) is 7.77. The van der Waals surface area contributed by atoms with Crippen molar-refractivity contribution in [2.24, 2.45) is 0 Å². The molecule has 42 heavy (non-hydrogen) atoms. The van der Waals surface area contributed by atoms with Gasteiger partial charge in [-0.2, -0.15) is 0 Å². The topological polar surface area (TPSA) is 165 Å². The number of rotatable bonds is 5. The Kier molecular flexibility index (Phi) is 10.8. The van der Waals surface area contributed by atoms with Gasteiger partial charge < -0.3 is 30.6 Å². The predicted molar refractivity (Wildman–Crippen MR) is 155 cm³/mol. The van der Waals surface area contributed by atoms with Crippen molar-refractivity contribution in [2.75, 3.05) is 25.8 Å². The molecule has 0 spiro atoms. The normalized spacial score (nSPS) is 30.1. The zero-order valence-corrected chi connectivity index (χ0v) is 25.0. The Bertz CT molecular complexity index is 1210. The number of hydrogen-bond acceptors (Lipinski definition) is 6. The summed E-state index contributed by atoms with van der Waals surface area (Å²) in [6, 6.07) is 6.46. The van der Waals surface area contributed by atoms with Gasteiger partial charge in [-0.3, -0.25) is 28.5 Å². The molecule has 4 N–H and O–H groups in total. The van der Waals surface area contributed by atoms with Crippen LogP contribution in [-0.2, 0) is 35.0 Å². The number of carbonyl (C=O) groups excluding carboxylic acids is 5. The van der Waals surface area contributed by atoms with Crippen molar-refractivity contribution in [3.63, 3.8) is 0 Å². The highest BCUT2D eigenvalue weighted by Gasteiger charge is 2.41. The number of amides is 5. The highest BCUT2D eigenvalue weighted by Crippen LogP contribution is 2.47. The van der Waals surface area contributed by atoms with E-state index in [2.05, 4.69) is 16.0 Å². The van der Waals surface area contributed by atoms with Crippen LogP contribution < -0.4 is 16.0 Å². The van der Waals surface area contributed by atoms with E-state index in [1.807, 2.05) is 13.0 Å². The first-order valence-corrected chi connectivity index (χ1v) is 16.8. The van der Waals surface area contributed by atoms with Crippen LogP contribution in [0.5, 0.6) is 0 Å². The Morgan fingerprint density at radius 2 is 1.50 bits per heavy atom. The van der Waals surface area contributed by atoms with Crippen molar-refractivity contribution < 1.29 is 33.4 Å². The molecular weight excluding hydrogens is 561 g/mol. The number of nitrogens with zero attached hydrogens (tertiary/aromatic N) is 2. The zero-order valence-electron chi connectivity index (χ0n) is 24.1. The molecule has 3 aliphatic heterocycles. The van der Waals surface area contributed by atoms with Gasteiger partial charge in [-0.05, 0) is 37.7 Å². The van der Waals surface area contributed by atoms with Gasteiger partial charge in [-0.25, -0.2) is 0 Å². The molecule has 1 aromatic carbocycles. The average Bonchev–Trinajstić information content (AvgIpc) is 3.67. The molecule has 5 atom stereocenters. The minimum atomic E-state index is -4.12. The summed E-state index contributed by atoms with van der Waals surface area (Å²) in [7, 11) is -4.12. The number of fused-ring (bicyclic) bond motifs is 2. The fourth-order valence-electron chi connectivity index (χ4n) is 5.96. The summed E-state index contributed by atoms with van der Waals surface area (Å²) in [5.41, 5.74) is 0.738. The Morgan fingerprint density at radius 3 is 2.14 bits per heavy atom. The van der Waals surface area contributed by atoms with E-state index in [0.717, 1.165) is 12.0 Å². The van der Waals surface area contributed by atoms with Crippen LogP contribution in [0.4, 0.5) is 0 Å². The largest absolute Gasteiger partial charge is 0.345 e. The van der Waals surface area contributed by atoms with Crippen molar-refractivity contribution in [3.05, 3.63) is 35.9 Å². The molecule has 0 aromatic heterocycles. The van der Waals surface area contributed by atoms with Crippen LogP contribution in [-0.4, -0.2) is 93.9 Å². The summed E-state index contributed by atoms with van der Waals surface area (Å²) in [4.78, 5) is 80.3. The minimum absolute atomic E-state index is 0.0686. The molecule has 1 aromatic rings. The van der Waals surface area contributed by atoms with Gasteiger partial charge in [0.25, 0.3) is 0 Å². The minimum Gasteiger partial charge on any atom is -0.345 e. The lowest BCUT2D eigenvalue weighted by Crippen LogP contribution is -2.55. The number of hydrogen-bond donors (Lipinski definition) is 4. The molecule has 3 saturated heterocycles. The van der Waals surface area contributed by atoms with Gasteiger partial charge in [0, 0.05) is 32.1 Å². The van der Waals surface area contributed by atoms with Gasteiger partial charge in [0.15, 0.2) is 0 Å². The molecule has 12 nitrogen and oxygen atoms in total. The number of benzene rings is 1. The van der Waals surface area contributed by atoms with E-state index in [9.17, 15) is 33.4 Å². The average molecular weight is 604 g/mol. The molecule has 3 heterocycles. The lowest BCUT2D eigenvalue weighted by molar-refractivity contribution is -0.140. The zero-order chi connectivity index (χ0) is 30.3. The molecule has 230 valence electrons. The fourth-order valence-corrected chi connectivity index (χ4v) is 7.60. The van der Waals surface area contributed by atoms with E-state index in [4.69, 9.17) is 0 Å². The van der Waals surface area contributed by atoms with E-state index in [1.165, 1.54) is 9.80 Å². The number of unbranched alkanes of at least 4 members (excludes halogenated alkanes) is 1. The molecule has 0 bridgehead atoms. The van der Waals surface area contributed by atoms with Crippen molar-refractivity contribution in [1.29, 1.82) is 0 Å². The van der Waals surface area contributed by atoms with Crippen LogP contribution in [0.15, 0.2) is 30.3 Å². The quantitative estimate of drug-likeness (QED) is 0.366. The molecule has 1 unspecified atom stereocenters. The standard InChI is InChI=1S/C29H42N5O7P/c1-2-3-11-21-27(37)30-19-26(36)34-16-8-13-23(34)29(39)32-24(18-20-9-5-4-6-10-20)42(40,41)17-14-25(35)33-15-7-12-22(33)28(38)31-21/h4-6,9-10,21-24H,2-3,7-8,11-19H2,1H3,(H,30,37)(H,31,38)(H,32,39)(H,40,41)/t21-,22-,23-,24+/m0/s1. The Hall–Kier alpha value is -3.24. The number of carbonyl (C=O) groups is 5. The molecule has 13 heteroatoms. The summed E-state index contributed by atoms with van der Waals surface area (Å²) in [5, 5.41) is 8.14. The summed E-state index contributed by atoms with van der Waals surface area (Å²) >= 11 is 0. The van der Waals surface area contributed by atoms with E-state index >= 15 is 0 Å². The maximum Gasteiger partial charge on any atom is 0.243 e. The molecular formula is C29H42N5O7P. The van der Waals surface area contributed by atoms with Gasteiger partial charge in [-0.15, -0.1) is 0 Å². The second-order valence-electron chi connectivity index (χ2n) is 11.4. The van der Waals surface area contributed by atoms with Gasteiger partial charge in [0.05, 0.1) is 6.54 Å². The molecule has 4 rings (SSSR count).